The van der Waals surface area contributed by atoms with Crippen LogP contribution in [0.2, 0.25) is 0 Å². The minimum Gasteiger partial charge on any atom is -0.405 e. The van der Waals surface area contributed by atoms with Crippen molar-refractivity contribution in [2.24, 2.45) is 15.8 Å². The molecule has 0 radical (unpaired) electrons. The van der Waals surface area contributed by atoms with Gasteiger partial charge in [0.25, 0.3) is 0 Å². The second-order valence-corrected chi connectivity index (χ2v) is 6.30. The van der Waals surface area contributed by atoms with Crippen molar-refractivity contribution < 1.29 is 17.9 Å². The summed E-state index contributed by atoms with van der Waals surface area (Å²) in [5, 5.41) is 10.0. The van der Waals surface area contributed by atoms with Gasteiger partial charge in [-0.3, -0.25) is 15.6 Å². The van der Waals surface area contributed by atoms with Crippen LogP contribution in [0.25, 0.3) is 0 Å². The van der Waals surface area contributed by atoms with Gasteiger partial charge in [-0.1, -0.05) is 18.2 Å². The van der Waals surface area contributed by atoms with Gasteiger partial charge >= 0.3 is 6.36 Å². The number of nitrogens with one attached hydrogen (secondary N) is 3. The Morgan fingerprint density at radius 3 is 2.71 bits per heavy atom. The maximum absolute atomic E-state index is 12.6. The Morgan fingerprint density at radius 2 is 2.14 bits per heavy atom. The molecule has 2 rings (SSSR count). The molecule has 1 aromatic rings. The van der Waals surface area contributed by atoms with Crippen molar-refractivity contribution in [3.05, 3.63) is 41.6 Å². The summed E-state index contributed by atoms with van der Waals surface area (Å²) in [5.41, 5.74) is 8.66. The SMILES string of the molecule is CN(C)C1(NCc2ccccc2OC(F)(F)F)N=CC(/C=N/NC(N)=S)=CN1. The van der Waals surface area contributed by atoms with Gasteiger partial charge in [-0.25, -0.2) is 4.99 Å². The predicted octanol–water partition coefficient (Wildman–Crippen LogP) is 1.22. The molecule has 8 nitrogen and oxygen atoms in total. The van der Waals surface area contributed by atoms with Crippen molar-refractivity contribution in [2.45, 2.75) is 18.8 Å². The van der Waals surface area contributed by atoms with Crippen molar-refractivity contribution in [3.8, 4) is 5.75 Å². The summed E-state index contributed by atoms with van der Waals surface area (Å²) in [6, 6.07) is 5.90. The van der Waals surface area contributed by atoms with E-state index in [2.05, 4.69) is 43.1 Å². The van der Waals surface area contributed by atoms with E-state index in [0.29, 0.717) is 11.1 Å². The third-order valence-corrected chi connectivity index (χ3v) is 3.69. The number of halogens is 3. The number of alkyl halides is 3. The first kappa shape index (κ1) is 21.6. The van der Waals surface area contributed by atoms with Gasteiger partial charge in [-0.2, -0.15) is 5.10 Å². The first-order valence-corrected chi connectivity index (χ1v) is 8.40. The summed E-state index contributed by atoms with van der Waals surface area (Å²) in [6.45, 7) is 0.0645. The van der Waals surface area contributed by atoms with Crippen LogP contribution in [0.4, 0.5) is 13.2 Å². The minimum atomic E-state index is -4.77. The molecule has 0 spiro atoms. The highest BCUT2D eigenvalue weighted by Gasteiger charge is 2.34. The zero-order valence-corrected chi connectivity index (χ0v) is 15.9. The average Bonchev–Trinajstić information content (AvgIpc) is 2.60. The van der Waals surface area contributed by atoms with Crippen LogP contribution in [0.1, 0.15) is 5.56 Å². The maximum atomic E-state index is 12.6. The first-order chi connectivity index (χ1) is 13.1. The topological polar surface area (TPSA) is 99.3 Å². The number of rotatable bonds is 7. The molecule has 0 saturated carbocycles. The molecule has 1 aliphatic heterocycles. The van der Waals surface area contributed by atoms with Crippen LogP contribution in [-0.4, -0.2) is 48.8 Å². The number of nitrogens with two attached hydrogens (primary N) is 1. The molecule has 1 heterocycles. The molecular formula is C16H20F3N7OS. The van der Waals surface area contributed by atoms with E-state index in [4.69, 9.17) is 5.73 Å². The molecule has 1 atom stereocenters. The third-order valence-electron chi connectivity index (χ3n) is 3.60. The first-order valence-electron chi connectivity index (χ1n) is 7.99. The number of para-hydroxylation sites is 1. The van der Waals surface area contributed by atoms with Crippen LogP contribution in [0, 0.1) is 0 Å². The van der Waals surface area contributed by atoms with Crippen LogP contribution in [0.15, 0.2) is 46.1 Å². The largest absolute Gasteiger partial charge is 0.573 e. The summed E-state index contributed by atoms with van der Waals surface area (Å²) in [6.07, 6.45) is -0.121. The smallest absolute Gasteiger partial charge is 0.405 e. The van der Waals surface area contributed by atoms with E-state index in [9.17, 15) is 13.2 Å². The number of aliphatic imine (C=N–C) groups is 1. The highest BCUT2D eigenvalue weighted by atomic mass is 32.1. The molecule has 28 heavy (non-hydrogen) atoms. The summed E-state index contributed by atoms with van der Waals surface area (Å²) in [7, 11) is 3.52. The molecule has 1 aromatic carbocycles. The van der Waals surface area contributed by atoms with Crippen molar-refractivity contribution in [1.29, 1.82) is 0 Å². The maximum Gasteiger partial charge on any atom is 0.573 e. The summed E-state index contributed by atoms with van der Waals surface area (Å²) in [4.78, 5) is 6.15. The van der Waals surface area contributed by atoms with E-state index in [0.717, 1.165) is 0 Å². The normalized spacial score (nSPS) is 19.4. The summed E-state index contributed by atoms with van der Waals surface area (Å²) < 4.78 is 41.8. The molecular weight excluding hydrogens is 395 g/mol. The monoisotopic (exact) mass is 415 g/mol. The molecule has 0 aliphatic carbocycles. The van der Waals surface area contributed by atoms with Gasteiger partial charge in [0.2, 0.25) is 5.91 Å². The second-order valence-electron chi connectivity index (χ2n) is 5.86. The zero-order chi connectivity index (χ0) is 20.8. The van der Waals surface area contributed by atoms with Gasteiger partial charge in [0.15, 0.2) is 5.11 Å². The lowest BCUT2D eigenvalue weighted by Gasteiger charge is -2.38. The molecule has 0 amide bonds. The lowest BCUT2D eigenvalue weighted by Crippen LogP contribution is -2.63. The standard InChI is InChI=1S/C16H20F3N7OS/c1-26(2)16(21-7-11(8-22-16)9-24-25-14(20)28)23-10-12-5-3-4-6-13(12)27-15(17,18)19/h3-9,21,23H,10H2,1-2H3,(H3,20,25,28)/b24-9+. The van der Waals surface area contributed by atoms with Gasteiger partial charge in [0.1, 0.15) is 5.75 Å². The van der Waals surface area contributed by atoms with Gasteiger partial charge in [-0.05, 0) is 32.4 Å². The van der Waals surface area contributed by atoms with Gasteiger partial charge < -0.3 is 15.8 Å². The van der Waals surface area contributed by atoms with E-state index in [1.165, 1.54) is 18.3 Å². The van der Waals surface area contributed by atoms with Crippen molar-refractivity contribution in [3.63, 3.8) is 0 Å². The predicted molar refractivity (Wildman–Crippen MR) is 105 cm³/mol. The molecule has 12 heteroatoms. The fourth-order valence-electron chi connectivity index (χ4n) is 2.26. The van der Waals surface area contributed by atoms with Crippen LogP contribution in [0.3, 0.4) is 0 Å². The van der Waals surface area contributed by atoms with Crippen LogP contribution >= 0.6 is 12.2 Å². The number of nitrogens with zero attached hydrogens (tertiary/aromatic N) is 3. The molecule has 5 N–H and O–H groups in total. The Bertz CT molecular complexity index is 795. The van der Waals surface area contributed by atoms with E-state index < -0.39 is 12.3 Å². The van der Waals surface area contributed by atoms with Gasteiger partial charge in [0, 0.05) is 30.1 Å². The van der Waals surface area contributed by atoms with E-state index in [1.807, 2.05) is 0 Å². The zero-order valence-electron chi connectivity index (χ0n) is 15.1. The Morgan fingerprint density at radius 1 is 1.43 bits per heavy atom. The highest BCUT2D eigenvalue weighted by molar-refractivity contribution is 7.80. The molecule has 0 bridgehead atoms. The number of benzene rings is 1. The van der Waals surface area contributed by atoms with Gasteiger partial charge in [-0.15, -0.1) is 13.2 Å². The Hall–Kier alpha value is -2.70. The number of ether oxygens (including phenoxy) is 1. The number of hydrazone groups is 1. The Labute approximate surface area is 165 Å². The second kappa shape index (κ2) is 8.99. The quantitative estimate of drug-likeness (QED) is 0.230. The van der Waals surface area contributed by atoms with Crippen LogP contribution < -0.4 is 26.5 Å². The van der Waals surface area contributed by atoms with E-state index in [-0.39, 0.29) is 17.4 Å². The molecule has 1 unspecified atom stereocenters. The van der Waals surface area contributed by atoms with E-state index in [1.54, 1.807) is 43.5 Å². The minimum absolute atomic E-state index is 0.0293. The van der Waals surface area contributed by atoms with E-state index >= 15 is 0 Å². The molecule has 0 saturated heterocycles. The van der Waals surface area contributed by atoms with Crippen molar-refractivity contribution in [2.75, 3.05) is 14.1 Å². The van der Waals surface area contributed by atoms with Crippen LogP contribution in [-0.2, 0) is 6.54 Å². The molecule has 1 aliphatic rings. The number of hydrogen-bond donors (Lipinski definition) is 4. The third kappa shape index (κ3) is 6.18. The number of thiocarbonyl (C=S) groups is 1. The lowest BCUT2D eigenvalue weighted by atomic mass is 10.2. The van der Waals surface area contributed by atoms with Crippen molar-refractivity contribution >= 4 is 29.8 Å². The average molecular weight is 415 g/mol. The summed E-state index contributed by atoms with van der Waals surface area (Å²) >= 11 is 4.64. The molecule has 0 aromatic heterocycles. The van der Waals surface area contributed by atoms with Crippen molar-refractivity contribution in [1.82, 2.24) is 21.0 Å². The van der Waals surface area contributed by atoms with Crippen LogP contribution in [0.5, 0.6) is 5.75 Å². The lowest BCUT2D eigenvalue weighted by molar-refractivity contribution is -0.274. The number of hydrogen-bond acceptors (Lipinski definition) is 7. The fraction of sp³-hybridized carbons (Fsp3) is 0.312. The Kier molecular flexibility index (Phi) is 6.94. The highest BCUT2D eigenvalue weighted by Crippen LogP contribution is 2.26. The summed E-state index contributed by atoms with van der Waals surface area (Å²) in [5.74, 6) is -1.34. The number of allylic oxidation sites excluding steroid dienone is 1. The van der Waals surface area contributed by atoms with Gasteiger partial charge in [0.05, 0.1) is 6.21 Å². The molecule has 152 valence electrons. The molecule has 0 fully saturated rings. The fourth-order valence-corrected chi connectivity index (χ4v) is 2.31. The Balaban J connectivity index is 2.10.